The number of carbonyl (C=O) groups is 3. The number of carbonyl (C=O) groups excluding carboxylic acids is 1. The number of hydrogen-bond acceptors (Lipinski definition) is 9. The average Bonchev–Trinajstić information content (AvgIpc) is 2.65. The number of rotatable bonds is 5. The number of aliphatic hydroxyl groups is 4. The highest BCUT2D eigenvalue weighted by Crippen LogP contribution is 2.20. The fourth-order valence-corrected chi connectivity index (χ4v) is 1.10. The average molecular weight is 309 g/mol. The molecule has 11 nitrogen and oxygen atoms in total. The summed E-state index contributed by atoms with van der Waals surface area (Å²) in [7, 11) is 0. The molecule has 1 aliphatic heterocycles. The highest BCUT2D eigenvalue weighted by Gasteiger charge is 2.38. The van der Waals surface area contributed by atoms with Crippen LogP contribution in [-0.2, 0) is 19.1 Å². The molecule has 1 aliphatic rings. The van der Waals surface area contributed by atoms with Gasteiger partial charge in [-0.2, -0.15) is 0 Å². The topological polar surface area (TPSA) is 208 Å². The second-order valence-electron chi connectivity index (χ2n) is 3.85. The quantitative estimate of drug-likeness (QED) is 0.263. The highest BCUT2D eigenvalue weighted by molar-refractivity contribution is 5.89. The van der Waals surface area contributed by atoms with Crippen molar-refractivity contribution >= 4 is 17.9 Å². The molecule has 0 fully saturated rings. The van der Waals surface area contributed by atoms with Crippen molar-refractivity contribution in [2.75, 3.05) is 6.61 Å². The molecule has 1 heterocycles. The molecule has 0 aromatic heterocycles. The number of cyclic esters (lactones) is 1. The molecular formula is C10H15NO10. The molecule has 3 atom stereocenters. The minimum Gasteiger partial charge on any atom is -0.505 e. The lowest BCUT2D eigenvalue weighted by molar-refractivity contribution is -0.147. The fraction of sp³-hybridized carbons (Fsp3) is 0.500. The molecule has 0 saturated heterocycles. The molecule has 0 radical (unpaired) electrons. The zero-order valence-corrected chi connectivity index (χ0v) is 10.5. The number of esters is 1. The van der Waals surface area contributed by atoms with Crippen LogP contribution in [0.3, 0.4) is 0 Å². The van der Waals surface area contributed by atoms with Crippen LogP contribution in [0.2, 0.25) is 0 Å². The second-order valence-corrected chi connectivity index (χ2v) is 3.85. The third-order valence-corrected chi connectivity index (χ3v) is 2.19. The molecule has 21 heavy (non-hydrogen) atoms. The summed E-state index contributed by atoms with van der Waals surface area (Å²) < 4.78 is 4.32. The van der Waals surface area contributed by atoms with E-state index in [0.717, 1.165) is 0 Å². The van der Waals surface area contributed by atoms with Gasteiger partial charge in [0.15, 0.2) is 11.9 Å². The van der Waals surface area contributed by atoms with E-state index in [9.17, 15) is 14.4 Å². The van der Waals surface area contributed by atoms with Gasteiger partial charge in [0.2, 0.25) is 5.76 Å². The van der Waals surface area contributed by atoms with E-state index >= 15 is 0 Å². The van der Waals surface area contributed by atoms with Crippen molar-refractivity contribution in [3.8, 4) is 0 Å². The number of ether oxygens (including phenoxy) is 1. The van der Waals surface area contributed by atoms with E-state index in [1.165, 1.54) is 0 Å². The van der Waals surface area contributed by atoms with Crippen molar-refractivity contribution in [2.24, 2.45) is 5.73 Å². The van der Waals surface area contributed by atoms with Crippen LogP contribution >= 0.6 is 0 Å². The van der Waals surface area contributed by atoms with Gasteiger partial charge >= 0.3 is 17.9 Å². The Labute approximate surface area is 117 Å². The lowest BCUT2D eigenvalue weighted by Crippen LogP contribution is -2.32. The Balaban J connectivity index is 0.000000400. The van der Waals surface area contributed by atoms with Crippen LogP contribution in [0.15, 0.2) is 11.5 Å². The van der Waals surface area contributed by atoms with Gasteiger partial charge in [0.1, 0.15) is 12.1 Å². The van der Waals surface area contributed by atoms with Crippen LogP contribution in [0.4, 0.5) is 0 Å². The van der Waals surface area contributed by atoms with Crippen molar-refractivity contribution in [1.82, 2.24) is 0 Å². The molecule has 1 rings (SSSR count). The van der Waals surface area contributed by atoms with Crippen LogP contribution in [0.1, 0.15) is 6.42 Å². The van der Waals surface area contributed by atoms with Crippen LogP contribution < -0.4 is 5.73 Å². The van der Waals surface area contributed by atoms with Gasteiger partial charge in [-0.05, 0) is 0 Å². The van der Waals surface area contributed by atoms with Gasteiger partial charge < -0.3 is 41.1 Å². The largest absolute Gasteiger partial charge is 0.505 e. The predicted molar refractivity (Wildman–Crippen MR) is 63.1 cm³/mol. The molecular weight excluding hydrogens is 294 g/mol. The van der Waals surface area contributed by atoms with Crippen molar-refractivity contribution in [2.45, 2.75) is 24.7 Å². The Bertz CT molecular complexity index is 445. The summed E-state index contributed by atoms with van der Waals surface area (Å²) in [6, 6.07) is -1.29. The van der Waals surface area contributed by atoms with Gasteiger partial charge in [-0.3, -0.25) is 9.59 Å². The second kappa shape index (κ2) is 8.04. The Kier molecular flexibility index (Phi) is 7.13. The Morgan fingerprint density at radius 1 is 1.29 bits per heavy atom. The first-order valence-electron chi connectivity index (χ1n) is 5.44. The molecule has 0 aromatic carbocycles. The molecule has 11 heteroatoms. The lowest BCUT2D eigenvalue weighted by Gasteiger charge is -2.13. The summed E-state index contributed by atoms with van der Waals surface area (Å²) in [5, 5.41) is 51.1. The Morgan fingerprint density at radius 2 is 1.81 bits per heavy atom. The number of aliphatic carboxylic acids is 2. The molecule has 0 spiro atoms. The number of nitrogens with two attached hydrogens (primary N) is 1. The van der Waals surface area contributed by atoms with Crippen molar-refractivity contribution in [3.63, 3.8) is 0 Å². The van der Waals surface area contributed by atoms with E-state index in [1.807, 2.05) is 0 Å². The van der Waals surface area contributed by atoms with Crippen molar-refractivity contribution < 1.29 is 49.8 Å². The van der Waals surface area contributed by atoms with Crippen LogP contribution in [-0.4, -0.2) is 73.4 Å². The maximum atomic E-state index is 10.5. The zero-order valence-electron chi connectivity index (χ0n) is 10.5. The molecule has 8 N–H and O–H groups in total. The molecule has 0 aromatic rings. The maximum absolute atomic E-state index is 10.5. The molecule has 0 saturated carbocycles. The first kappa shape index (κ1) is 18.6. The molecule has 0 aliphatic carbocycles. The van der Waals surface area contributed by atoms with E-state index < -0.39 is 60.7 Å². The third kappa shape index (κ3) is 5.64. The summed E-state index contributed by atoms with van der Waals surface area (Å²) >= 11 is 0. The van der Waals surface area contributed by atoms with Crippen LogP contribution in [0, 0.1) is 0 Å². The molecule has 0 bridgehead atoms. The standard InChI is InChI=1S/C6H8O6.C4H7NO4/c7-1-2(8)5-3(9)4(10)6(11)12-5;5-2(4(8)9)1-3(6)7/h2,5,7-10H,1H2;2H,1,5H2,(H,6,7)(H,8,9)/t2-,5+;2-/m00/s1. The summed E-state index contributed by atoms with van der Waals surface area (Å²) in [4.78, 5) is 30.1. The monoisotopic (exact) mass is 309 g/mol. The fourth-order valence-electron chi connectivity index (χ4n) is 1.10. The lowest BCUT2D eigenvalue weighted by atomic mass is 10.2. The van der Waals surface area contributed by atoms with E-state index in [2.05, 4.69) is 4.74 Å². The van der Waals surface area contributed by atoms with Gasteiger partial charge in [-0.15, -0.1) is 0 Å². The minimum atomic E-state index is -1.42. The van der Waals surface area contributed by atoms with Crippen molar-refractivity contribution in [3.05, 3.63) is 11.5 Å². The van der Waals surface area contributed by atoms with Crippen molar-refractivity contribution in [1.29, 1.82) is 0 Å². The molecule has 120 valence electrons. The third-order valence-electron chi connectivity index (χ3n) is 2.19. The van der Waals surface area contributed by atoms with Gasteiger partial charge in [0.25, 0.3) is 0 Å². The molecule has 0 unspecified atom stereocenters. The Morgan fingerprint density at radius 3 is 2.05 bits per heavy atom. The van der Waals surface area contributed by atoms with Gasteiger partial charge in [-0.25, -0.2) is 4.79 Å². The normalized spacial score (nSPS) is 20.1. The number of carboxylic acid groups (broad SMARTS) is 2. The first-order valence-corrected chi connectivity index (χ1v) is 5.44. The highest BCUT2D eigenvalue weighted by atomic mass is 16.6. The minimum absolute atomic E-state index is 0.532. The number of hydrogen-bond donors (Lipinski definition) is 7. The van der Waals surface area contributed by atoms with Gasteiger partial charge in [0, 0.05) is 0 Å². The summed E-state index contributed by atoms with van der Waals surface area (Å²) in [5.41, 5.74) is 4.84. The summed E-state index contributed by atoms with van der Waals surface area (Å²) in [6.07, 6.45) is -3.31. The predicted octanol–water partition coefficient (Wildman–Crippen LogP) is -2.53. The maximum Gasteiger partial charge on any atom is 0.377 e. The van der Waals surface area contributed by atoms with Gasteiger partial charge in [-0.1, -0.05) is 0 Å². The van der Waals surface area contributed by atoms with Gasteiger partial charge in [0.05, 0.1) is 13.0 Å². The Hall–Kier alpha value is -2.37. The smallest absolute Gasteiger partial charge is 0.377 e. The number of carboxylic acids is 2. The number of aliphatic hydroxyl groups excluding tert-OH is 4. The van der Waals surface area contributed by atoms with E-state index in [0.29, 0.717) is 0 Å². The van der Waals surface area contributed by atoms with E-state index in [1.54, 1.807) is 0 Å². The molecule has 0 amide bonds. The van der Waals surface area contributed by atoms with E-state index in [-0.39, 0.29) is 0 Å². The summed E-state index contributed by atoms with van der Waals surface area (Å²) in [5.74, 6) is -5.28. The summed E-state index contributed by atoms with van der Waals surface area (Å²) in [6.45, 7) is -0.671. The van der Waals surface area contributed by atoms with E-state index in [4.69, 9.17) is 36.4 Å². The first-order chi connectivity index (χ1) is 9.61. The SMILES string of the molecule is N[C@@H](CC(=O)O)C(=O)O.O=C1O[C@H]([C@@H](O)CO)C(O)=C1O. The van der Waals surface area contributed by atoms with Crippen LogP contribution in [0.25, 0.3) is 0 Å². The van der Waals surface area contributed by atoms with Crippen LogP contribution in [0.5, 0.6) is 0 Å². The zero-order chi connectivity index (χ0) is 16.7.